The second-order valence-electron chi connectivity index (χ2n) is 4.14. The van der Waals surface area contributed by atoms with Crippen LogP contribution >= 0.6 is 0 Å². The molecule has 1 heterocycles. The van der Waals surface area contributed by atoms with Crippen LogP contribution < -0.4 is 16.1 Å². The minimum absolute atomic E-state index is 0.253. The molecule has 2 N–H and O–H groups in total. The lowest BCUT2D eigenvalue weighted by atomic mass is 10.2. The van der Waals surface area contributed by atoms with E-state index in [0.29, 0.717) is 4.57 Å². The average Bonchev–Trinajstić information content (AvgIpc) is 2.37. The van der Waals surface area contributed by atoms with E-state index in [1.54, 1.807) is 17.1 Å². The zero-order chi connectivity index (χ0) is 14.2. The number of H-pyrrole nitrogens is 1. The fourth-order valence-corrected chi connectivity index (χ4v) is 1.64. The molecular formula is C12H12FN3O3. The van der Waals surface area contributed by atoms with Crippen molar-refractivity contribution in [1.82, 2.24) is 9.55 Å². The first-order valence-electron chi connectivity index (χ1n) is 5.43. The quantitative estimate of drug-likeness (QED) is 0.825. The van der Waals surface area contributed by atoms with Crippen LogP contribution in [-0.4, -0.2) is 28.8 Å². The highest BCUT2D eigenvalue weighted by molar-refractivity contribution is 5.50. The lowest BCUT2D eigenvalue weighted by Crippen LogP contribution is -2.30. The Kier molecular flexibility index (Phi) is 3.12. The van der Waals surface area contributed by atoms with Gasteiger partial charge in [-0.05, 0) is 24.3 Å². The molecule has 2 rings (SSSR count). The number of aromatic amines is 1. The van der Waals surface area contributed by atoms with E-state index in [1.807, 2.05) is 19.0 Å². The Morgan fingerprint density at radius 1 is 1.21 bits per heavy atom. The predicted octanol–water partition coefficient (Wildman–Crippen LogP) is 0.436. The van der Waals surface area contributed by atoms with Gasteiger partial charge in [0.15, 0.2) is 0 Å². The third-order valence-electron chi connectivity index (χ3n) is 2.66. The standard InChI is InChI=1S/C12H12FN3O3/c1-15(2)7-3-5-8(6-4-7)16-11(18)9(13)10(17)14-12(16)19/h3-6,18H,1-2H3,(H,14,17,19). The summed E-state index contributed by atoms with van der Waals surface area (Å²) in [4.78, 5) is 26.2. The maximum absolute atomic E-state index is 13.3. The Hall–Kier alpha value is -2.57. The summed E-state index contributed by atoms with van der Waals surface area (Å²) in [6.45, 7) is 0. The molecule has 0 radical (unpaired) electrons. The molecule has 0 bridgehead atoms. The summed E-state index contributed by atoms with van der Waals surface area (Å²) in [6, 6.07) is 6.47. The van der Waals surface area contributed by atoms with Gasteiger partial charge >= 0.3 is 5.69 Å². The third-order valence-corrected chi connectivity index (χ3v) is 2.66. The molecule has 0 aliphatic heterocycles. The molecule has 0 fully saturated rings. The molecule has 0 amide bonds. The van der Waals surface area contributed by atoms with E-state index in [9.17, 15) is 19.1 Å². The second-order valence-corrected chi connectivity index (χ2v) is 4.14. The molecule has 0 spiro atoms. The molecule has 6 nitrogen and oxygen atoms in total. The molecule has 0 aliphatic rings. The van der Waals surface area contributed by atoms with Crippen LogP contribution in [0.1, 0.15) is 0 Å². The van der Waals surface area contributed by atoms with Crippen molar-refractivity contribution in [3.63, 3.8) is 0 Å². The van der Waals surface area contributed by atoms with Crippen LogP contribution in [0.15, 0.2) is 33.9 Å². The van der Waals surface area contributed by atoms with Crippen LogP contribution in [0.5, 0.6) is 5.88 Å². The first-order chi connectivity index (χ1) is 8.91. The summed E-state index contributed by atoms with van der Waals surface area (Å²) in [5.74, 6) is -2.40. The summed E-state index contributed by atoms with van der Waals surface area (Å²) in [6.07, 6.45) is 0. The summed E-state index contributed by atoms with van der Waals surface area (Å²) >= 11 is 0. The Morgan fingerprint density at radius 3 is 2.32 bits per heavy atom. The van der Waals surface area contributed by atoms with Crippen molar-refractivity contribution in [1.29, 1.82) is 0 Å². The van der Waals surface area contributed by atoms with Gasteiger partial charge < -0.3 is 10.0 Å². The number of aromatic nitrogens is 2. The van der Waals surface area contributed by atoms with Gasteiger partial charge in [-0.1, -0.05) is 0 Å². The molecule has 0 atom stereocenters. The van der Waals surface area contributed by atoms with Gasteiger partial charge in [0.2, 0.25) is 11.7 Å². The van der Waals surface area contributed by atoms with Crippen molar-refractivity contribution in [2.75, 3.05) is 19.0 Å². The number of rotatable bonds is 2. The number of benzene rings is 1. The number of aromatic hydroxyl groups is 1. The van der Waals surface area contributed by atoms with Crippen molar-refractivity contribution in [2.45, 2.75) is 0 Å². The van der Waals surface area contributed by atoms with Gasteiger partial charge in [0, 0.05) is 19.8 Å². The van der Waals surface area contributed by atoms with Crippen molar-refractivity contribution in [2.24, 2.45) is 0 Å². The summed E-state index contributed by atoms with van der Waals surface area (Å²) in [5.41, 5.74) is -1.02. The van der Waals surface area contributed by atoms with Gasteiger partial charge in [-0.3, -0.25) is 9.78 Å². The monoisotopic (exact) mass is 265 g/mol. The molecule has 0 saturated heterocycles. The number of halogens is 1. The summed E-state index contributed by atoms with van der Waals surface area (Å²) in [5, 5.41) is 9.55. The number of nitrogens with zero attached hydrogens (tertiary/aromatic N) is 2. The Labute approximate surface area is 107 Å². The number of anilines is 1. The maximum Gasteiger partial charge on any atom is 0.335 e. The normalized spacial score (nSPS) is 10.5. The smallest absolute Gasteiger partial charge is 0.335 e. The fraction of sp³-hybridized carbons (Fsp3) is 0.167. The first kappa shape index (κ1) is 12.9. The highest BCUT2D eigenvalue weighted by Gasteiger charge is 2.14. The van der Waals surface area contributed by atoms with Crippen LogP contribution in [0.25, 0.3) is 5.69 Å². The SMILES string of the molecule is CN(C)c1ccc(-n2c(O)c(F)c(=O)[nH]c2=O)cc1. The van der Waals surface area contributed by atoms with Gasteiger partial charge in [0.05, 0.1) is 5.69 Å². The van der Waals surface area contributed by atoms with Crippen LogP contribution in [0.2, 0.25) is 0 Å². The molecule has 7 heteroatoms. The van der Waals surface area contributed by atoms with Crippen LogP contribution in [0.4, 0.5) is 10.1 Å². The number of hydrogen-bond donors (Lipinski definition) is 2. The van der Waals surface area contributed by atoms with E-state index >= 15 is 0 Å². The maximum atomic E-state index is 13.3. The van der Waals surface area contributed by atoms with Gasteiger partial charge in [-0.25, -0.2) is 9.36 Å². The Balaban J connectivity index is 2.63. The Morgan fingerprint density at radius 2 is 1.79 bits per heavy atom. The first-order valence-corrected chi connectivity index (χ1v) is 5.43. The largest absolute Gasteiger partial charge is 0.492 e. The van der Waals surface area contributed by atoms with Crippen LogP contribution in [0, 0.1) is 5.82 Å². The lowest BCUT2D eigenvalue weighted by molar-refractivity contribution is 0.386. The van der Waals surface area contributed by atoms with Crippen molar-refractivity contribution < 1.29 is 9.50 Å². The minimum Gasteiger partial charge on any atom is -0.492 e. The van der Waals surface area contributed by atoms with Crippen molar-refractivity contribution >= 4 is 5.69 Å². The zero-order valence-electron chi connectivity index (χ0n) is 10.3. The molecule has 1 aromatic carbocycles. The van der Waals surface area contributed by atoms with Crippen LogP contribution in [0.3, 0.4) is 0 Å². The van der Waals surface area contributed by atoms with Crippen LogP contribution in [-0.2, 0) is 0 Å². The topological polar surface area (TPSA) is 78.3 Å². The van der Waals surface area contributed by atoms with Gasteiger partial charge in [-0.15, -0.1) is 0 Å². The van der Waals surface area contributed by atoms with Gasteiger partial charge in [0.25, 0.3) is 5.56 Å². The molecule has 0 unspecified atom stereocenters. The minimum atomic E-state index is -1.39. The molecule has 2 aromatic rings. The van der Waals surface area contributed by atoms with E-state index in [-0.39, 0.29) is 5.69 Å². The van der Waals surface area contributed by atoms with E-state index in [4.69, 9.17) is 0 Å². The number of hydrogen-bond acceptors (Lipinski definition) is 4. The van der Waals surface area contributed by atoms with E-state index in [1.165, 1.54) is 12.1 Å². The lowest BCUT2D eigenvalue weighted by Gasteiger charge is -2.13. The molecule has 100 valence electrons. The number of nitrogens with one attached hydrogen (secondary N) is 1. The predicted molar refractivity (Wildman–Crippen MR) is 68.6 cm³/mol. The average molecular weight is 265 g/mol. The molecule has 0 aliphatic carbocycles. The molecular weight excluding hydrogens is 253 g/mol. The highest BCUT2D eigenvalue weighted by atomic mass is 19.1. The highest BCUT2D eigenvalue weighted by Crippen LogP contribution is 2.18. The summed E-state index contributed by atoms with van der Waals surface area (Å²) < 4.78 is 14.0. The van der Waals surface area contributed by atoms with Crippen molar-refractivity contribution in [3.05, 3.63) is 50.9 Å². The second kappa shape index (κ2) is 4.60. The zero-order valence-corrected chi connectivity index (χ0v) is 10.3. The van der Waals surface area contributed by atoms with Crippen molar-refractivity contribution in [3.8, 4) is 11.6 Å². The van der Waals surface area contributed by atoms with Gasteiger partial charge in [-0.2, -0.15) is 4.39 Å². The van der Waals surface area contributed by atoms with E-state index in [0.717, 1.165) is 5.69 Å². The Bertz CT molecular complexity index is 716. The van der Waals surface area contributed by atoms with Gasteiger partial charge in [0.1, 0.15) is 0 Å². The van der Waals surface area contributed by atoms with E-state index < -0.39 is 22.9 Å². The third kappa shape index (κ3) is 2.22. The molecule has 19 heavy (non-hydrogen) atoms. The molecule has 0 saturated carbocycles. The fourth-order valence-electron chi connectivity index (χ4n) is 1.64. The summed E-state index contributed by atoms with van der Waals surface area (Å²) in [7, 11) is 3.69. The molecule has 1 aromatic heterocycles. The van der Waals surface area contributed by atoms with E-state index in [2.05, 4.69) is 0 Å².